The van der Waals surface area contributed by atoms with E-state index in [1.54, 1.807) is 56.7 Å². The number of benzene rings is 3. The number of thiazole rings is 1. The van der Waals surface area contributed by atoms with Crippen LogP contribution in [0.3, 0.4) is 0 Å². The maximum Gasteiger partial charge on any atom is 0.399 e. The van der Waals surface area contributed by atoms with E-state index >= 15 is 0 Å². The van der Waals surface area contributed by atoms with Crippen LogP contribution in [0.25, 0.3) is 20.7 Å². The average Bonchev–Trinajstić information content (AvgIpc) is 3.96. The lowest BCUT2D eigenvalue weighted by Crippen LogP contribution is -2.55. The minimum atomic E-state index is -5.82. The fraction of sp³-hybridized carbons (Fsp3) is 0.289. The van der Waals surface area contributed by atoms with Crippen LogP contribution in [0.5, 0.6) is 0 Å². The molecule has 1 fully saturated rings. The zero-order chi connectivity index (χ0) is 40.4. The maximum atomic E-state index is 14.5. The number of hydrogen-bond acceptors (Lipinski definition) is 8. The predicted molar refractivity (Wildman–Crippen MR) is 215 cm³/mol. The molecule has 3 heterocycles. The largest absolute Gasteiger partial charge is 0.399 e. The summed E-state index contributed by atoms with van der Waals surface area (Å²) < 4.78 is 41.7. The zero-order valence-corrected chi connectivity index (χ0v) is 34.2. The van der Waals surface area contributed by atoms with Crippen molar-refractivity contribution in [2.45, 2.75) is 43.4 Å². The van der Waals surface area contributed by atoms with Crippen molar-refractivity contribution in [2.24, 2.45) is 0 Å². The van der Waals surface area contributed by atoms with Crippen molar-refractivity contribution >= 4 is 85.6 Å². The van der Waals surface area contributed by atoms with Gasteiger partial charge in [0.2, 0.25) is 17.7 Å². The van der Waals surface area contributed by atoms with Crippen molar-refractivity contribution in [1.82, 2.24) is 20.1 Å². The highest BCUT2D eigenvalue weighted by molar-refractivity contribution is 9.10. The Hall–Kier alpha value is -4.38. The van der Waals surface area contributed by atoms with Crippen LogP contribution < -0.4 is 10.2 Å². The third-order valence-electron chi connectivity index (χ3n) is 9.40. The minimum absolute atomic E-state index is 0.0451. The van der Waals surface area contributed by atoms with Gasteiger partial charge in [0, 0.05) is 77.6 Å². The Morgan fingerprint density at radius 2 is 1.77 bits per heavy atom. The highest BCUT2D eigenvalue weighted by atomic mass is 79.9. The number of nitrogens with one attached hydrogen (secondary N) is 1. The number of anilines is 1. The van der Waals surface area contributed by atoms with E-state index in [9.17, 15) is 42.3 Å². The Balaban J connectivity index is 1.27. The lowest BCUT2D eigenvalue weighted by atomic mass is 10.0. The molecule has 5 aromatic rings. The van der Waals surface area contributed by atoms with Gasteiger partial charge < -0.3 is 29.8 Å². The lowest BCUT2D eigenvalue weighted by Gasteiger charge is -2.33. The molecule has 3 N–H and O–H groups in total. The second-order valence-electron chi connectivity index (χ2n) is 13.4. The number of carbonyl (C=O) groups is 4. The van der Waals surface area contributed by atoms with Crippen LogP contribution in [0, 0.1) is 0 Å². The van der Waals surface area contributed by atoms with Gasteiger partial charge in [-0.25, -0.2) is 4.98 Å². The molecule has 1 aliphatic heterocycles. The fourth-order valence-electron chi connectivity index (χ4n) is 6.41. The number of halogens is 3. The van der Waals surface area contributed by atoms with Crippen molar-refractivity contribution in [3.05, 3.63) is 105 Å². The van der Waals surface area contributed by atoms with Crippen LogP contribution in [-0.4, -0.2) is 87.5 Å². The summed E-state index contributed by atoms with van der Waals surface area (Å²) in [5.41, 5.74) is -3.19. The minimum Gasteiger partial charge on any atom is -0.349 e. The van der Waals surface area contributed by atoms with Crippen molar-refractivity contribution in [1.29, 1.82) is 0 Å². The summed E-state index contributed by atoms with van der Waals surface area (Å²) in [6.07, 6.45) is 2.69. The molecule has 0 radical (unpaired) electrons. The van der Waals surface area contributed by atoms with E-state index in [4.69, 9.17) is 0 Å². The number of carbonyl (C=O) groups excluding carboxylic acids is 4. The van der Waals surface area contributed by atoms with Gasteiger partial charge in [-0.05, 0) is 78.4 Å². The fourth-order valence-corrected chi connectivity index (χ4v) is 8.74. The molecule has 1 aliphatic rings. The lowest BCUT2D eigenvalue weighted by molar-refractivity contribution is -0.139. The molecule has 0 aliphatic carbocycles. The Morgan fingerprint density at radius 1 is 1.05 bits per heavy atom. The van der Waals surface area contributed by atoms with Gasteiger partial charge in [-0.1, -0.05) is 34.1 Å². The molecule has 0 bridgehead atoms. The van der Waals surface area contributed by atoms with Crippen LogP contribution >= 0.6 is 46.2 Å². The standard InChI is InChI=1S/C38H37BrF2N5O7PS2/c1-44(2)33(47)15-18-45(28-12-7-24(8-13-28)35-42-16-19-55-35)37(50)30-4-3-17-46(30)36(49)29(20-23-5-10-27(39)11-6-23)43-34(48)32-22-25-21-26(9-14-31(25)56-32)38(40,41)54(51,52)53/h5-14,16,19,21-22,29-30H,3-4,15,17-18,20H2,1-2H3,(H,43,48)(H2,51,52,53)/t29-,30-/m0/s1. The number of alkyl halides is 2. The van der Waals surface area contributed by atoms with Gasteiger partial charge in [-0.15, -0.1) is 22.7 Å². The monoisotopic (exact) mass is 887 g/mol. The Labute approximate surface area is 337 Å². The Kier molecular flexibility index (Phi) is 12.5. The smallest absolute Gasteiger partial charge is 0.349 e. The molecular formula is C38H37BrF2N5O7PS2. The maximum absolute atomic E-state index is 14.5. The molecular weight excluding hydrogens is 851 g/mol. The van der Waals surface area contributed by atoms with Crippen LogP contribution in [0.1, 0.15) is 40.1 Å². The first-order chi connectivity index (χ1) is 26.5. The van der Waals surface area contributed by atoms with Gasteiger partial charge in [0.25, 0.3) is 5.91 Å². The topological polar surface area (TPSA) is 160 Å². The average molecular weight is 889 g/mol. The van der Waals surface area contributed by atoms with E-state index in [0.717, 1.165) is 44.1 Å². The normalized spacial score (nSPS) is 15.1. The molecule has 0 spiro atoms. The van der Waals surface area contributed by atoms with Gasteiger partial charge in [0.1, 0.15) is 17.1 Å². The van der Waals surface area contributed by atoms with Gasteiger partial charge in [0.15, 0.2) is 0 Å². The zero-order valence-electron chi connectivity index (χ0n) is 30.1. The second kappa shape index (κ2) is 17.0. The Morgan fingerprint density at radius 3 is 2.41 bits per heavy atom. The summed E-state index contributed by atoms with van der Waals surface area (Å²) in [6.45, 7) is 0.312. The van der Waals surface area contributed by atoms with Crippen LogP contribution in [0.4, 0.5) is 14.5 Å². The first-order valence-electron chi connectivity index (χ1n) is 17.4. The van der Waals surface area contributed by atoms with Crippen LogP contribution in [-0.2, 0) is 31.0 Å². The summed E-state index contributed by atoms with van der Waals surface area (Å²) in [7, 11) is -2.55. The highest BCUT2D eigenvalue weighted by Gasteiger charge is 2.50. The number of aromatic nitrogens is 1. The van der Waals surface area contributed by atoms with E-state index in [0.29, 0.717) is 23.2 Å². The second-order valence-corrected chi connectivity index (χ2v) is 18.0. The molecule has 1 saturated heterocycles. The molecule has 294 valence electrons. The summed E-state index contributed by atoms with van der Waals surface area (Å²) in [6, 6.07) is 16.8. The third kappa shape index (κ3) is 9.09. The van der Waals surface area contributed by atoms with Gasteiger partial charge in [-0.3, -0.25) is 23.7 Å². The van der Waals surface area contributed by atoms with E-state index < -0.39 is 42.7 Å². The summed E-state index contributed by atoms with van der Waals surface area (Å²) in [4.78, 5) is 82.8. The van der Waals surface area contributed by atoms with Crippen LogP contribution in [0.2, 0.25) is 0 Å². The third-order valence-corrected chi connectivity index (χ3v) is 12.9. The van der Waals surface area contributed by atoms with E-state index in [2.05, 4.69) is 26.2 Å². The number of nitrogens with zero attached hydrogens (tertiary/aromatic N) is 4. The summed E-state index contributed by atoms with van der Waals surface area (Å²) in [5.74, 6) is -1.71. The van der Waals surface area contributed by atoms with Gasteiger partial charge in [0.05, 0.1) is 4.88 Å². The van der Waals surface area contributed by atoms with Crippen molar-refractivity contribution in [3.8, 4) is 10.6 Å². The van der Waals surface area contributed by atoms with Crippen molar-refractivity contribution in [3.63, 3.8) is 0 Å². The molecule has 12 nitrogen and oxygen atoms in total. The molecule has 0 saturated carbocycles. The SMILES string of the molecule is CN(C)C(=O)CCN(C(=O)[C@@H]1CCCN1C(=O)[C@H](Cc1ccc(Br)cc1)NC(=O)c1cc2cc(C(F)(F)P(=O)(O)O)ccc2s1)c1ccc(-c2nccs2)cc1. The molecule has 3 aromatic carbocycles. The number of fused-ring (bicyclic) bond motifs is 1. The van der Waals surface area contributed by atoms with E-state index in [-0.39, 0.29) is 48.0 Å². The summed E-state index contributed by atoms with van der Waals surface area (Å²) >= 11 is 5.85. The quantitative estimate of drug-likeness (QED) is 0.108. The van der Waals surface area contributed by atoms with E-state index in [1.165, 1.54) is 38.2 Å². The number of hydrogen-bond donors (Lipinski definition) is 3. The van der Waals surface area contributed by atoms with E-state index in [1.807, 2.05) is 17.5 Å². The molecule has 6 rings (SSSR count). The number of likely N-dealkylation sites (tertiary alicyclic amines) is 1. The molecule has 0 unspecified atom stereocenters. The van der Waals surface area contributed by atoms with Crippen molar-refractivity contribution in [2.75, 3.05) is 32.1 Å². The first kappa shape index (κ1) is 41.3. The summed E-state index contributed by atoms with van der Waals surface area (Å²) in [5, 5.41) is 5.65. The van der Waals surface area contributed by atoms with Crippen molar-refractivity contribution < 1.29 is 42.3 Å². The molecule has 56 heavy (non-hydrogen) atoms. The molecule has 4 amide bonds. The molecule has 2 aromatic heterocycles. The Bertz CT molecular complexity index is 2290. The molecule has 18 heteroatoms. The molecule has 2 atom stereocenters. The van der Waals surface area contributed by atoms with Gasteiger partial charge in [-0.2, -0.15) is 8.78 Å². The predicted octanol–water partition coefficient (Wildman–Crippen LogP) is 6.86. The van der Waals surface area contributed by atoms with Crippen LogP contribution in [0.15, 0.2) is 88.8 Å². The number of rotatable bonds is 13. The highest BCUT2D eigenvalue weighted by Crippen LogP contribution is 2.59. The first-order valence-corrected chi connectivity index (χ1v) is 21.5. The number of thiophene rings is 1. The van der Waals surface area contributed by atoms with Gasteiger partial charge >= 0.3 is 13.3 Å². The number of amides is 4.